The minimum absolute atomic E-state index is 0.154. The number of carbonyl (C=O) groups is 2. The van der Waals surface area contributed by atoms with Gasteiger partial charge in [0.2, 0.25) is 5.91 Å². The second-order valence-electron chi connectivity index (χ2n) is 7.05. The number of aromatic nitrogens is 1. The number of amides is 2. The lowest BCUT2D eigenvalue weighted by atomic mass is 10.0. The Morgan fingerprint density at radius 2 is 1.81 bits per heavy atom. The highest BCUT2D eigenvalue weighted by molar-refractivity contribution is 5.95. The Morgan fingerprint density at radius 3 is 2.44 bits per heavy atom. The van der Waals surface area contributed by atoms with Gasteiger partial charge in [0.25, 0.3) is 0 Å². The average molecular weight is 369 g/mol. The van der Waals surface area contributed by atoms with E-state index in [0.717, 1.165) is 16.8 Å². The first-order valence-electron chi connectivity index (χ1n) is 9.07. The summed E-state index contributed by atoms with van der Waals surface area (Å²) in [6.07, 6.45) is -0.120. The van der Waals surface area contributed by atoms with Crippen molar-refractivity contribution in [3.63, 3.8) is 0 Å². The molecule has 2 rings (SSSR count). The first-order valence-corrected chi connectivity index (χ1v) is 9.07. The molecule has 2 amide bonds. The number of hydrogen-bond acceptors (Lipinski definition) is 4. The topological polar surface area (TPSA) is 80.3 Å². The second-order valence-corrected chi connectivity index (χ2v) is 7.05. The van der Waals surface area contributed by atoms with E-state index >= 15 is 0 Å². The lowest BCUT2D eigenvalue weighted by molar-refractivity contribution is -0.118. The summed E-state index contributed by atoms with van der Waals surface area (Å²) in [5, 5.41) is 5.45. The van der Waals surface area contributed by atoms with E-state index in [-0.39, 0.29) is 18.4 Å². The van der Waals surface area contributed by atoms with Crippen LogP contribution in [0, 0.1) is 19.8 Å². The molecule has 6 heteroatoms. The number of ether oxygens (including phenoxy) is 1. The Bertz CT molecular complexity index is 755. The number of aryl methyl sites for hydroxylation is 2. The lowest BCUT2D eigenvalue weighted by Gasteiger charge is -2.20. The van der Waals surface area contributed by atoms with Gasteiger partial charge in [-0.25, -0.2) is 9.78 Å². The highest BCUT2D eigenvalue weighted by Crippen LogP contribution is 2.12. The lowest BCUT2D eigenvalue weighted by Crippen LogP contribution is -2.44. The van der Waals surface area contributed by atoms with Gasteiger partial charge in [-0.15, -0.1) is 0 Å². The van der Waals surface area contributed by atoms with E-state index in [2.05, 4.69) is 15.6 Å². The maximum Gasteiger partial charge on any atom is 0.408 e. The van der Waals surface area contributed by atoms with E-state index < -0.39 is 12.1 Å². The summed E-state index contributed by atoms with van der Waals surface area (Å²) in [5.74, 6) is 0.394. The minimum atomic E-state index is -0.698. The molecular formula is C21H27N3O3. The van der Waals surface area contributed by atoms with Crippen molar-refractivity contribution < 1.29 is 14.3 Å². The Labute approximate surface area is 160 Å². The number of alkyl carbamates (subject to hydrolysis) is 1. The molecule has 0 saturated heterocycles. The smallest absolute Gasteiger partial charge is 0.408 e. The van der Waals surface area contributed by atoms with Crippen LogP contribution in [0.15, 0.2) is 42.5 Å². The van der Waals surface area contributed by atoms with Crippen molar-refractivity contribution in [3.8, 4) is 0 Å². The standard InChI is InChI=1S/C21H27N3O3/c1-14(2)10-18(20(25)24-19-12-15(3)11-16(4)22-19)23-21(26)27-13-17-8-6-5-7-9-17/h5-9,11-12,14,18H,10,13H2,1-4H3,(H,23,26)(H,22,24,25)/t18-/m0/s1. The zero-order chi connectivity index (χ0) is 19.8. The molecule has 6 nitrogen and oxygen atoms in total. The predicted octanol–water partition coefficient (Wildman–Crippen LogP) is 3.98. The van der Waals surface area contributed by atoms with Crippen molar-refractivity contribution in [2.45, 2.75) is 46.8 Å². The highest BCUT2D eigenvalue weighted by atomic mass is 16.5. The molecule has 0 aliphatic heterocycles. The number of pyridine rings is 1. The Hall–Kier alpha value is -2.89. The first-order chi connectivity index (χ1) is 12.8. The van der Waals surface area contributed by atoms with E-state index in [1.54, 1.807) is 6.07 Å². The van der Waals surface area contributed by atoms with Crippen LogP contribution in [0.5, 0.6) is 0 Å². The van der Waals surface area contributed by atoms with Crippen LogP contribution >= 0.6 is 0 Å². The van der Waals surface area contributed by atoms with Crippen molar-refractivity contribution in [2.75, 3.05) is 5.32 Å². The third kappa shape index (κ3) is 7.09. The van der Waals surface area contributed by atoms with E-state index in [9.17, 15) is 9.59 Å². The normalized spacial score (nSPS) is 11.7. The molecule has 1 heterocycles. The van der Waals surface area contributed by atoms with Crippen LogP contribution in [0.1, 0.15) is 37.1 Å². The molecule has 0 bridgehead atoms. The zero-order valence-corrected chi connectivity index (χ0v) is 16.3. The van der Waals surface area contributed by atoms with Gasteiger partial charge in [0, 0.05) is 5.69 Å². The maximum atomic E-state index is 12.7. The number of nitrogens with one attached hydrogen (secondary N) is 2. The van der Waals surface area contributed by atoms with Crippen LogP contribution in [0.3, 0.4) is 0 Å². The number of hydrogen-bond donors (Lipinski definition) is 2. The van der Waals surface area contributed by atoms with Crippen molar-refractivity contribution in [1.82, 2.24) is 10.3 Å². The summed E-state index contributed by atoms with van der Waals surface area (Å²) in [5.41, 5.74) is 2.71. The highest BCUT2D eigenvalue weighted by Gasteiger charge is 2.23. The Morgan fingerprint density at radius 1 is 1.11 bits per heavy atom. The van der Waals surface area contributed by atoms with Crippen molar-refractivity contribution in [3.05, 3.63) is 59.3 Å². The third-order valence-electron chi connectivity index (χ3n) is 3.88. The molecule has 27 heavy (non-hydrogen) atoms. The first kappa shape index (κ1) is 20.4. The fraction of sp³-hybridized carbons (Fsp3) is 0.381. The predicted molar refractivity (Wildman–Crippen MR) is 105 cm³/mol. The van der Waals surface area contributed by atoms with Crippen LogP contribution in [0.4, 0.5) is 10.6 Å². The summed E-state index contributed by atoms with van der Waals surface area (Å²) < 4.78 is 5.23. The van der Waals surface area contributed by atoms with Crippen LogP contribution in [-0.4, -0.2) is 23.0 Å². The van der Waals surface area contributed by atoms with Gasteiger partial charge in [-0.05, 0) is 49.4 Å². The van der Waals surface area contributed by atoms with Gasteiger partial charge in [-0.2, -0.15) is 0 Å². The summed E-state index contributed by atoms with van der Waals surface area (Å²) >= 11 is 0. The summed E-state index contributed by atoms with van der Waals surface area (Å²) in [6, 6.07) is 12.4. The molecular weight excluding hydrogens is 342 g/mol. The van der Waals surface area contributed by atoms with Gasteiger partial charge >= 0.3 is 6.09 Å². The van der Waals surface area contributed by atoms with Crippen LogP contribution in [0.2, 0.25) is 0 Å². The van der Waals surface area contributed by atoms with Gasteiger partial charge in [-0.3, -0.25) is 4.79 Å². The molecule has 1 aromatic heterocycles. The molecule has 0 fully saturated rings. The Balaban J connectivity index is 1.98. The SMILES string of the molecule is Cc1cc(C)nc(NC(=O)[C@H](CC(C)C)NC(=O)OCc2ccccc2)c1. The second kappa shape index (κ2) is 9.71. The molecule has 2 aromatic rings. The van der Waals surface area contributed by atoms with E-state index in [1.807, 2.05) is 64.1 Å². The molecule has 0 aliphatic rings. The van der Waals surface area contributed by atoms with Gasteiger partial charge < -0.3 is 15.4 Å². The Kier molecular flexibility index (Phi) is 7.34. The van der Waals surface area contributed by atoms with Crippen LogP contribution in [0.25, 0.3) is 0 Å². The summed E-state index contributed by atoms with van der Waals surface area (Å²) in [6.45, 7) is 7.95. The molecule has 0 spiro atoms. The molecule has 1 aromatic carbocycles. The fourth-order valence-corrected chi connectivity index (χ4v) is 2.73. The maximum absolute atomic E-state index is 12.7. The quantitative estimate of drug-likeness (QED) is 0.774. The van der Waals surface area contributed by atoms with Crippen molar-refractivity contribution >= 4 is 17.8 Å². The number of benzene rings is 1. The summed E-state index contributed by atoms with van der Waals surface area (Å²) in [7, 11) is 0. The summed E-state index contributed by atoms with van der Waals surface area (Å²) in [4.78, 5) is 29.1. The molecule has 0 aliphatic carbocycles. The average Bonchev–Trinajstić information content (AvgIpc) is 2.59. The number of anilines is 1. The van der Waals surface area contributed by atoms with Crippen molar-refractivity contribution in [1.29, 1.82) is 0 Å². The van der Waals surface area contributed by atoms with Gasteiger partial charge in [0.1, 0.15) is 18.5 Å². The van der Waals surface area contributed by atoms with E-state index in [4.69, 9.17) is 4.74 Å². The molecule has 144 valence electrons. The molecule has 2 N–H and O–H groups in total. The van der Waals surface area contributed by atoms with Crippen molar-refractivity contribution in [2.24, 2.45) is 5.92 Å². The molecule has 0 saturated carbocycles. The fourth-order valence-electron chi connectivity index (χ4n) is 2.73. The molecule has 0 unspecified atom stereocenters. The monoisotopic (exact) mass is 369 g/mol. The third-order valence-corrected chi connectivity index (χ3v) is 3.88. The number of carbonyl (C=O) groups excluding carboxylic acids is 2. The molecule has 1 atom stereocenters. The van der Waals surface area contributed by atoms with E-state index in [0.29, 0.717) is 12.2 Å². The van der Waals surface area contributed by atoms with Crippen LogP contribution in [-0.2, 0) is 16.1 Å². The number of nitrogens with zero attached hydrogens (tertiary/aromatic N) is 1. The van der Waals surface area contributed by atoms with Gasteiger partial charge in [0.15, 0.2) is 0 Å². The largest absolute Gasteiger partial charge is 0.445 e. The number of rotatable bonds is 7. The minimum Gasteiger partial charge on any atom is -0.445 e. The van der Waals surface area contributed by atoms with Gasteiger partial charge in [-0.1, -0.05) is 44.2 Å². The van der Waals surface area contributed by atoms with Gasteiger partial charge in [0.05, 0.1) is 0 Å². The zero-order valence-electron chi connectivity index (χ0n) is 16.3. The van der Waals surface area contributed by atoms with E-state index in [1.165, 1.54) is 0 Å². The van der Waals surface area contributed by atoms with Crippen LogP contribution < -0.4 is 10.6 Å². The molecule has 0 radical (unpaired) electrons.